The molecule has 3 nitrogen and oxygen atoms in total. The second-order valence-electron chi connectivity index (χ2n) is 5.44. The Balaban J connectivity index is 2.19. The average Bonchev–Trinajstić information content (AvgIpc) is 2.54. The van der Waals surface area contributed by atoms with E-state index in [0.29, 0.717) is 12.1 Å². The van der Waals surface area contributed by atoms with Gasteiger partial charge in [-0.05, 0) is 31.5 Å². The molecule has 122 valence electrons. The van der Waals surface area contributed by atoms with Gasteiger partial charge in [0.15, 0.2) is 0 Å². The van der Waals surface area contributed by atoms with Crippen molar-refractivity contribution in [3.63, 3.8) is 0 Å². The molecule has 2 rings (SSSR count). The number of nitrogens with two attached hydrogens (primary N) is 1. The van der Waals surface area contributed by atoms with Crippen molar-refractivity contribution in [3.8, 4) is 0 Å². The van der Waals surface area contributed by atoms with Crippen LogP contribution in [0, 0.1) is 18.6 Å². The smallest absolute Gasteiger partial charge is 0.244 e. The third kappa shape index (κ3) is 3.93. The number of carbonyl (C=O) groups is 1. The van der Waals surface area contributed by atoms with Gasteiger partial charge in [-0.15, -0.1) is 0 Å². The summed E-state index contributed by atoms with van der Waals surface area (Å²) in [5.41, 5.74) is 7.63. The van der Waals surface area contributed by atoms with E-state index < -0.39 is 17.7 Å². The quantitative estimate of drug-likeness (QED) is 0.919. The predicted octanol–water partition coefficient (Wildman–Crippen LogP) is 3.32. The highest BCUT2D eigenvalue weighted by atomic mass is 19.1. The maximum atomic E-state index is 13.8. The Labute approximate surface area is 134 Å². The first kappa shape index (κ1) is 17.1. The van der Waals surface area contributed by atoms with Gasteiger partial charge >= 0.3 is 0 Å². The van der Waals surface area contributed by atoms with Gasteiger partial charge in [0.2, 0.25) is 5.91 Å². The van der Waals surface area contributed by atoms with Gasteiger partial charge in [0, 0.05) is 12.1 Å². The summed E-state index contributed by atoms with van der Waals surface area (Å²) in [7, 11) is 0. The zero-order valence-electron chi connectivity index (χ0n) is 13.2. The number of likely N-dealkylation sites (N-methyl/N-ethyl adjacent to an activating group) is 1. The van der Waals surface area contributed by atoms with Crippen LogP contribution in [0.2, 0.25) is 0 Å². The number of nitrogens with zero attached hydrogens (tertiary/aromatic N) is 1. The highest BCUT2D eigenvalue weighted by Gasteiger charge is 2.23. The number of hydrogen-bond donors (Lipinski definition) is 1. The molecule has 2 aromatic rings. The molecule has 0 aromatic heterocycles. The third-order valence-electron chi connectivity index (χ3n) is 3.81. The molecular formula is C18H20F2N2O. The van der Waals surface area contributed by atoms with E-state index in [2.05, 4.69) is 0 Å². The van der Waals surface area contributed by atoms with E-state index in [1.54, 1.807) is 19.1 Å². The van der Waals surface area contributed by atoms with Gasteiger partial charge in [-0.1, -0.05) is 35.9 Å². The lowest BCUT2D eigenvalue weighted by atomic mass is 10.0. The first-order valence-corrected chi connectivity index (χ1v) is 7.47. The van der Waals surface area contributed by atoms with Crippen molar-refractivity contribution in [1.82, 2.24) is 4.90 Å². The summed E-state index contributed by atoms with van der Waals surface area (Å²) in [6.45, 7) is 3.86. The minimum Gasteiger partial charge on any atom is -0.337 e. The van der Waals surface area contributed by atoms with Gasteiger partial charge in [0.25, 0.3) is 0 Å². The molecule has 2 N–H and O–H groups in total. The molecule has 0 bridgehead atoms. The van der Waals surface area contributed by atoms with Crippen molar-refractivity contribution >= 4 is 5.91 Å². The number of halogens is 2. The van der Waals surface area contributed by atoms with Gasteiger partial charge < -0.3 is 10.6 Å². The molecule has 1 atom stereocenters. The highest BCUT2D eigenvalue weighted by Crippen LogP contribution is 2.19. The molecular weight excluding hydrogens is 298 g/mol. The molecule has 0 aliphatic rings. The summed E-state index contributed by atoms with van der Waals surface area (Å²) < 4.78 is 27.5. The molecule has 0 aliphatic carbocycles. The first-order chi connectivity index (χ1) is 10.9. The van der Waals surface area contributed by atoms with Crippen LogP contribution in [0.4, 0.5) is 8.78 Å². The Hall–Kier alpha value is -2.27. The number of amides is 1. The van der Waals surface area contributed by atoms with Crippen LogP contribution in [0.15, 0.2) is 42.5 Å². The van der Waals surface area contributed by atoms with Gasteiger partial charge in [0.05, 0.1) is 6.54 Å². The predicted molar refractivity (Wildman–Crippen MR) is 85.6 cm³/mol. The topological polar surface area (TPSA) is 46.3 Å². The van der Waals surface area contributed by atoms with Crippen LogP contribution >= 0.6 is 0 Å². The molecule has 1 amide bonds. The van der Waals surface area contributed by atoms with Crippen molar-refractivity contribution in [3.05, 3.63) is 70.8 Å². The van der Waals surface area contributed by atoms with Crippen LogP contribution in [0.5, 0.6) is 0 Å². The highest BCUT2D eigenvalue weighted by molar-refractivity contribution is 5.83. The molecule has 5 heteroatoms. The second-order valence-corrected chi connectivity index (χ2v) is 5.44. The fourth-order valence-corrected chi connectivity index (χ4v) is 2.33. The second kappa shape index (κ2) is 7.33. The third-order valence-corrected chi connectivity index (χ3v) is 3.81. The van der Waals surface area contributed by atoms with Gasteiger partial charge in [-0.25, -0.2) is 8.78 Å². The van der Waals surface area contributed by atoms with Crippen molar-refractivity contribution in [2.75, 3.05) is 6.54 Å². The fraction of sp³-hybridized carbons (Fsp3) is 0.278. The molecule has 0 fully saturated rings. The summed E-state index contributed by atoms with van der Waals surface area (Å²) in [5.74, 6) is -1.70. The Kier molecular flexibility index (Phi) is 5.45. The Morgan fingerprint density at radius 3 is 2.22 bits per heavy atom. The maximum absolute atomic E-state index is 13.8. The molecule has 1 unspecified atom stereocenters. The van der Waals surface area contributed by atoms with Gasteiger partial charge in [0.1, 0.15) is 17.7 Å². The normalized spacial score (nSPS) is 12.0. The zero-order valence-corrected chi connectivity index (χ0v) is 13.2. The minimum absolute atomic E-state index is 0.126. The molecule has 0 heterocycles. The molecule has 0 aliphatic heterocycles. The van der Waals surface area contributed by atoms with E-state index in [-0.39, 0.29) is 18.0 Å². The lowest BCUT2D eigenvalue weighted by Gasteiger charge is -2.25. The lowest BCUT2D eigenvalue weighted by Crippen LogP contribution is -2.38. The molecule has 0 saturated carbocycles. The standard InChI is InChI=1S/C18H20F2N2O/c1-3-22(11-14-15(19)5-4-6-16(14)20)18(23)17(21)13-9-7-12(2)8-10-13/h4-10,17H,3,11,21H2,1-2H3. The summed E-state index contributed by atoms with van der Waals surface area (Å²) >= 11 is 0. The van der Waals surface area contributed by atoms with Crippen molar-refractivity contribution in [2.45, 2.75) is 26.4 Å². The molecule has 0 saturated heterocycles. The molecule has 0 spiro atoms. The summed E-state index contributed by atoms with van der Waals surface area (Å²) in [6.07, 6.45) is 0. The average molecular weight is 318 g/mol. The van der Waals surface area contributed by atoms with Crippen molar-refractivity contribution < 1.29 is 13.6 Å². The SMILES string of the molecule is CCN(Cc1c(F)cccc1F)C(=O)C(N)c1ccc(C)cc1. The molecule has 23 heavy (non-hydrogen) atoms. The monoisotopic (exact) mass is 318 g/mol. The molecule has 0 radical (unpaired) electrons. The van der Waals surface area contributed by atoms with Crippen LogP contribution in [0.25, 0.3) is 0 Å². The van der Waals surface area contributed by atoms with Crippen molar-refractivity contribution in [2.24, 2.45) is 5.73 Å². The van der Waals surface area contributed by atoms with Gasteiger partial charge in [-0.3, -0.25) is 4.79 Å². The Bertz CT molecular complexity index is 666. The number of rotatable bonds is 5. The van der Waals surface area contributed by atoms with Crippen LogP contribution in [0.3, 0.4) is 0 Å². The first-order valence-electron chi connectivity index (χ1n) is 7.47. The Morgan fingerprint density at radius 1 is 1.13 bits per heavy atom. The van der Waals surface area contributed by atoms with Crippen LogP contribution in [-0.4, -0.2) is 17.4 Å². The Morgan fingerprint density at radius 2 is 1.70 bits per heavy atom. The number of aryl methyl sites for hydroxylation is 1. The number of benzene rings is 2. The van der Waals surface area contributed by atoms with E-state index in [1.165, 1.54) is 23.1 Å². The molecule has 2 aromatic carbocycles. The minimum atomic E-state index is -0.856. The van der Waals surface area contributed by atoms with Gasteiger partial charge in [-0.2, -0.15) is 0 Å². The van der Waals surface area contributed by atoms with E-state index >= 15 is 0 Å². The number of carbonyl (C=O) groups excluding carboxylic acids is 1. The van der Waals surface area contributed by atoms with Crippen LogP contribution in [-0.2, 0) is 11.3 Å². The van der Waals surface area contributed by atoms with E-state index in [1.807, 2.05) is 19.1 Å². The van der Waals surface area contributed by atoms with E-state index in [9.17, 15) is 13.6 Å². The fourth-order valence-electron chi connectivity index (χ4n) is 2.33. The van der Waals surface area contributed by atoms with E-state index in [0.717, 1.165) is 5.56 Å². The summed E-state index contributed by atoms with van der Waals surface area (Å²) in [5, 5.41) is 0. The zero-order chi connectivity index (χ0) is 17.0. The van der Waals surface area contributed by atoms with Crippen LogP contribution in [0.1, 0.15) is 29.7 Å². The summed E-state index contributed by atoms with van der Waals surface area (Å²) in [4.78, 5) is 13.9. The lowest BCUT2D eigenvalue weighted by molar-refractivity contribution is -0.133. The number of hydrogen-bond acceptors (Lipinski definition) is 2. The van der Waals surface area contributed by atoms with Crippen molar-refractivity contribution in [1.29, 1.82) is 0 Å². The maximum Gasteiger partial charge on any atom is 0.244 e. The summed E-state index contributed by atoms with van der Waals surface area (Å²) in [6, 6.07) is 10.1. The van der Waals surface area contributed by atoms with E-state index in [4.69, 9.17) is 5.73 Å². The van der Waals surface area contributed by atoms with Crippen LogP contribution < -0.4 is 5.73 Å². The largest absolute Gasteiger partial charge is 0.337 e.